The van der Waals surface area contributed by atoms with Gasteiger partial charge in [-0.3, -0.25) is 9.59 Å². The molecule has 1 fully saturated rings. The Bertz CT molecular complexity index is 1470. The second-order valence-corrected chi connectivity index (χ2v) is 15.5. The number of amides is 2. The zero-order valence-corrected chi connectivity index (χ0v) is 29.0. The molecule has 6 heteroatoms. The molecule has 1 saturated carbocycles. The van der Waals surface area contributed by atoms with Gasteiger partial charge in [-0.25, -0.2) is 0 Å². The third kappa shape index (κ3) is 6.44. The van der Waals surface area contributed by atoms with E-state index in [0.29, 0.717) is 41.5 Å². The van der Waals surface area contributed by atoms with E-state index in [1.54, 1.807) is 0 Å². The molecule has 4 aromatic rings. The van der Waals surface area contributed by atoms with Crippen molar-refractivity contribution in [2.75, 3.05) is 0 Å². The zero-order chi connectivity index (χ0) is 34.8. The maximum absolute atomic E-state index is 14.6. The number of rotatable bonds is 10. The molecule has 0 heterocycles. The topological polar surface area (TPSA) is 98.7 Å². The molecule has 2 amide bonds. The zero-order valence-electron chi connectivity index (χ0n) is 29.0. The van der Waals surface area contributed by atoms with E-state index in [2.05, 4.69) is 10.6 Å². The van der Waals surface area contributed by atoms with Gasteiger partial charge in [-0.05, 0) is 45.9 Å². The molecule has 0 radical (unpaired) electrons. The summed E-state index contributed by atoms with van der Waals surface area (Å²) in [4.78, 5) is 29.3. The largest absolute Gasteiger partial charge is 0.378 e. The molecule has 5 rings (SSSR count). The van der Waals surface area contributed by atoms with Gasteiger partial charge in [-0.2, -0.15) is 0 Å². The van der Waals surface area contributed by atoms with Crippen LogP contribution in [0.5, 0.6) is 0 Å². The maximum atomic E-state index is 14.6. The lowest BCUT2D eigenvalue weighted by atomic mass is 9.64. The summed E-state index contributed by atoms with van der Waals surface area (Å²) >= 11 is 0. The van der Waals surface area contributed by atoms with Crippen LogP contribution in [0.3, 0.4) is 0 Å². The molecule has 0 aromatic heterocycles. The summed E-state index contributed by atoms with van der Waals surface area (Å²) in [5.41, 5.74) is -3.20. The van der Waals surface area contributed by atoms with Crippen LogP contribution in [-0.4, -0.2) is 34.1 Å². The van der Waals surface area contributed by atoms with E-state index in [-0.39, 0.29) is 0 Å². The molecule has 0 saturated heterocycles. The highest BCUT2D eigenvalue weighted by molar-refractivity contribution is 6.06. The van der Waals surface area contributed by atoms with Crippen molar-refractivity contribution in [3.63, 3.8) is 0 Å². The minimum Gasteiger partial charge on any atom is -0.378 e. The molecular weight excluding hydrogens is 596 g/mol. The number of carbonyl (C=O) groups is 2. The Morgan fingerprint density at radius 2 is 0.771 bits per heavy atom. The summed E-state index contributed by atoms with van der Waals surface area (Å²) in [5.74, 6) is -0.848. The lowest BCUT2D eigenvalue weighted by molar-refractivity contribution is -0.155. The third-order valence-electron chi connectivity index (χ3n) is 10.1. The van der Waals surface area contributed by atoms with Crippen LogP contribution in [0.4, 0.5) is 0 Å². The van der Waals surface area contributed by atoms with Crippen LogP contribution in [0.1, 0.15) is 83.1 Å². The Kier molecular flexibility index (Phi) is 9.74. The summed E-state index contributed by atoms with van der Waals surface area (Å²) in [6.07, 6.45) is 1.44. The third-order valence-corrected chi connectivity index (χ3v) is 10.1. The van der Waals surface area contributed by atoms with Crippen molar-refractivity contribution in [1.29, 1.82) is 0 Å². The van der Waals surface area contributed by atoms with Crippen LogP contribution in [0, 0.1) is 16.2 Å². The highest BCUT2D eigenvalue weighted by Gasteiger charge is 2.57. The molecule has 0 spiro atoms. The van der Waals surface area contributed by atoms with Gasteiger partial charge in [0.05, 0.1) is 12.1 Å². The van der Waals surface area contributed by atoms with E-state index in [1.807, 2.05) is 163 Å². The fourth-order valence-electron chi connectivity index (χ4n) is 7.29. The Morgan fingerprint density at radius 1 is 0.521 bits per heavy atom. The van der Waals surface area contributed by atoms with Crippen molar-refractivity contribution >= 4 is 11.8 Å². The standard InChI is InChI=1S/C42H50N2O4/c1-38(2,3)34(41(47,30-20-11-7-12-21-30)31-22-13-8-14-23-31)43-36(45)40(28-19-29-40)37(46)44-35(39(4,5)6)42(48,32-24-15-9-16-25-32)33-26-17-10-18-27-33/h7-18,20-27,34-35,47-48H,19,28-29H2,1-6H3,(H,43,45)(H,44,46)/t34-,35-/m1/s1. The van der Waals surface area contributed by atoms with Gasteiger partial charge >= 0.3 is 0 Å². The number of benzene rings is 4. The van der Waals surface area contributed by atoms with Crippen molar-refractivity contribution in [3.05, 3.63) is 144 Å². The maximum Gasteiger partial charge on any atom is 0.236 e. The molecule has 2 atom stereocenters. The lowest BCUT2D eigenvalue weighted by Gasteiger charge is -2.49. The monoisotopic (exact) mass is 646 g/mol. The highest BCUT2D eigenvalue weighted by Crippen LogP contribution is 2.47. The highest BCUT2D eigenvalue weighted by atomic mass is 16.3. The molecule has 0 bridgehead atoms. The van der Waals surface area contributed by atoms with Gasteiger partial charge in [0.2, 0.25) is 11.8 Å². The summed E-state index contributed by atoms with van der Waals surface area (Å²) in [7, 11) is 0. The van der Waals surface area contributed by atoms with Gasteiger partial charge in [0, 0.05) is 0 Å². The average molecular weight is 647 g/mol. The molecule has 0 unspecified atom stereocenters. The normalized spacial score (nSPS) is 16.2. The van der Waals surface area contributed by atoms with Crippen molar-refractivity contribution in [1.82, 2.24) is 10.6 Å². The smallest absolute Gasteiger partial charge is 0.236 e. The van der Waals surface area contributed by atoms with Gasteiger partial charge in [0.1, 0.15) is 16.6 Å². The van der Waals surface area contributed by atoms with Gasteiger partial charge in [0.15, 0.2) is 0 Å². The summed E-state index contributed by atoms with van der Waals surface area (Å²) in [5, 5.41) is 32.0. The Morgan fingerprint density at radius 3 is 0.958 bits per heavy atom. The van der Waals surface area contributed by atoms with Crippen molar-refractivity contribution in [2.45, 2.75) is 84.1 Å². The predicted molar refractivity (Wildman–Crippen MR) is 191 cm³/mol. The second kappa shape index (κ2) is 13.3. The SMILES string of the molecule is CC(C)(C)[C@@H](NC(=O)C1(C(=O)N[C@H](C(C)(C)C)C(O)(c2ccccc2)c2ccccc2)CCC1)C(O)(c1ccccc1)c1ccccc1. The van der Waals surface area contributed by atoms with Crippen LogP contribution >= 0.6 is 0 Å². The van der Waals surface area contributed by atoms with Gasteiger partial charge < -0.3 is 20.8 Å². The fourth-order valence-corrected chi connectivity index (χ4v) is 7.29. The minimum atomic E-state index is -1.59. The second-order valence-electron chi connectivity index (χ2n) is 15.5. The first-order valence-electron chi connectivity index (χ1n) is 16.9. The van der Waals surface area contributed by atoms with E-state index in [9.17, 15) is 19.8 Å². The summed E-state index contributed by atoms with van der Waals surface area (Å²) < 4.78 is 0. The number of hydrogen-bond acceptors (Lipinski definition) is 4. The van der Waals surface area contributed by atoms with Gasteiger partial charge in [0.25, 0.3) is 0 Å². The Labute approximate surface area is 285 Å². The molecule has 252 valence electrons. The number of nitrogens with one attached hydrogen (secondary N) is 2. The van der Waals surface area contributed by atoms with Crippen molar-refractivity contribution < 1.29 is 19.8 Å². The van der Waals surface area contributed by atoms with Crippen LogP contribution in [0.15, 0.2) is 121 Å². The number of hydrogen-bond donors (Lipinski definition) is 4. The Balaban J connectivity index is 1.55. The minimum absolute atomic E-state index is 0.364. The first kappa shape index (κ1) is 35.1. The lowest BCUT2D eigenvalue weighted by Crippen LogP contribution is -2.66. The molecule has 4 N–H and O–H groups in total. The van der Waals surface area contributed by atoms with E-state index >= 15 is 0 Å². The Hall–Kier alpha value is -4.26. The molecule has 6 nitrogen and oxygen atoms in total. The van der Waals surface area contributed by atoms with Crippen molar-refractivity contribution in [2.24, 2.45) is 16.2 Å². The van der Waals surface area contributed by atoms with E-state index in [4.69, 9.17) is 0 Å². The average Bonchev–Trinajstić information content (AvgIpc) is 3.05. The summed E-state index contributed by atoms with van der Waals surface area (Å²) in [6.45, 7) is 11.9. The van der Waals surface area contributed by atoms with E-state index < -0.39 is 51.3 Å². The van der Waals surface area contributed by atoms with Crippen molar-refractivity contribution in [3.8, 4) is 0 Å². The first-order chi connectivity index (χ1) is 22.6. The summed E-state index contributed by atoms with van der Waals surface area (Å²) in [6, 6.07) is 35.9. The number of carbonyl (C=O) groups excluding carboxylic acids is 2. The fraction of sp³-hybridized carbons (Fsp3) is 0.381. The molecule has 0 aliphatic heterocycles. The van der Waals surface area contributed by atoms with Gasteiger partial charge in [-0.1, -0.05) is 169 Å². The van der Waals surface area contributed by atoms with Crippen LogP contribution in [0.25, 0.3) is 0 Å². The molecule has 1 aliphatic rings. The van der Waals surface area contributed by atoms with Crippen LogP contribution in [-0.2, 0) is 20.8 Å². The van der Waals surface area contributed by atoms with Crippen LogP contribution < -0.4 is 10.6 Å². The van der Waals surface area contributed by atoms with E-state index in [1.165, 1.54) is 0 Å². The molecular formula is C42H50N2O4. The van der Waals surface area contributed by atoms with Gasteiger partial charge in [-0.15, -0.1) is 0 Å². The first-order valence-corrected chi connectivity index (χ1v) is 16.9. The van der Waals surface area contributed by atoms with Crippen LogP contribution in [0.2, 0.25) is 0 Å². The van der Waals surface area contributed by atoms with E-state index in [0.717, 1.165) is 0 Å². The molecule has 1 aliphatic carbocycles. The molecule has 48 heavy (non-hydrogen) atoms. The predicted octanol–water partition coefficient (Wildman–Crippen LogP) is 7.09. The molecule has 4 aromatic carbocycles. The quantitative estimate of drug-likeness (QED) is 0.138. The number of aliphatic hydroxyl groups is 2.